The Hall–Kier alpha value is -2.41. The van der Waals surface area contributed by atoms with Crippen molar-refractivity contribution in [2.75, 3.05) is 18.5 Å². The van der Waals surface area contributed by atoms with E-state index >= 15 is 0 Å². The van der Waals surface area contributed by atoms with E-state index in [-0.39, 0.29) is 17.3 Å². The fourth-order valence-electron chi connectivity index (χ4n) is 7.33. The van der Waals surface area contributed by atoms with Crippen LogP contribution in [0.5, 0.6) is 0 Å². The van der Waals surface area contributed by atoms with Gasteiger partial charge in [-0.15, -0.1) is 0 Å². The molecular weight excluding hydrogens is 446 g/mol. The summed E-state index contributed by atoms with van der Waals surface area (Å²) in [6, 6.07) is 7.37. The molecule has 1 aromatic carbocycles. The van der Waals surface area contributed by atoms with Crippen molar-refractivity contribution in [3.63, 3.8) is 0 Å². The van der Waals surface area contributed by atoms with Gasteiger partial charge in [0.2, 0.25) is 5.91 Å². The zero-order valence-electron chi connectivity index (χ0n) is 20.4. The van der Waals surface area contributed by atoms with Gasteiger partial charge in [0.1, 0.15) is 0 Å². The number of nitrogens with zero attached hydrogens (tertiary/aromatic N) is 1. The Kier molecular flexibility index (Phi) is 6.17. The highest BCUT2D eigenvalue weighted by Gasteiger charge is 2.54. The number of thiocarbonyl (C=S) groups is 1. The summed E-state index contributed by atoms with van der Waals surface area (Å²) in [7, 11) is 0. The highest BCUT2D eigenvalue weighted by atomic mass is 32.1. The van der Waals surface area contributed by atoms with Crippen LogP contribution < -0.4 is 10.6 Å². The lowest BCUT2D eigenvalue weighted by atomic mass is 9.49. The van der Waals surface area contributed by atoms with E-state index in [0.29, 0.717) is 23.8 Å². The monoisotopic (exact) mass is 481 g/mol. The molecule has 4 saturated carbocycles. The highest BCUT2D eigenvalue weighted by molar-refractivity contribution is 7.80. The van der Waals surface area contributed by atoms with Crippen LogP contribution in [-0.2, 0) is 14.3 Å². The lowest BCUT2D eigenvalue weighted by Crippen LogP contribution is -2.51. The van der Waals surface area contributed by atoms with Crippen LogP contribution >= 0.6 is 12.2 Å². The molecule has 34 heavy (non-hydrogen) atoms. The van der Waals surface area contributed by atoms with Gasteiger partial charge in [0.25, 0.3) is 0 Å². The third-order valence-electron chi connectivity index (χ3n) is 8.41. The topological polar surface area (TPSA) is 70.7 Å². The van der Waals surface area contributed by atoms with Crippen LogP contribution in [0, 0.1) is 23.2 Å². The van der Waals surface area contributed by atoms with Gasteiger partial charge in [-0.3, -0.25) is 4.79 Å². The molecule has 4 aliphatic carbocycles. The number of nitrogens with one attached hydrogen (secondary N) is 2. The maximum atomic E-state index is 13.6. The van der Waals surface area contributed by atoms with E-state index in [9.17, 15) is 9.59 Å². The van der Waals surface area contributed by atoms with Crippen LogP contribution in [0.3, 0.4) is 0 Å². The number of ether oxygens (including phenoxy) is 1. The predicted octanol–water partition coefficient (Wildman–Crippen LogP) is 4.93. The van der Waals surface area contributed by atoms with Gasteiger partial charge in [-0.05, 0) is 107 Å². The highest BCUT2D eigenvalue weighted by Crippen LogP contribution is 2.60. The van der Waals surface area contributed by atoms with E-state index in [4.69, 9.17) is 17.0 Å². The van der Waals surface area contributed by atoms with E-state index < -0.39 is 6.04 Å². The summed E-state index contributed by atoms with van der Waals surface area (Å²) in [5.41, 5.74) is 2.80. The van der Waals surface area contributed by atoms with Crippen molar-refractivity contribution in [1.29, 1.82) is 0 Å². The van der Waals surface area contributed by atoms with Gasteiger partial charge in [-0.1, -0.05) is 12.1 Å². The molecule has 1 atom stereocenters. The van der Waals surface area contributed by atoms with Crippen molar-refractivity contribution in [3.8, 4) is 0 Å². The molecule has 4 fully saturated rings. The number of carbonyl (C=O) groups is 2. The maximum Gasteiger partial charge on any atom is 0.338 e. The quantitative estimate of drug-likeness (QED) is 0.444. The molecule has 6 rings (SSSR count). The molecule has 0 radical (unpaired) electrons. The SMILES string of the molecule is CCOC(=O)C1=C(C)N(CC)C(=S)NC1c1cccc(NC(=O)C23CC4CC(CC(C4)C2)C3)c1. The number of amides is 1. The Morgan fingerprint density at radius 3 is 2.38 bits per heavy atom. The van der Waals surface area contributed by atoms with Crippen LogP contribution in [0.25, 0.3) is 0 Å². The molecule has 1 aliphatic heterocycles. The molecule has 1 heterocycles. The predicted molar refractivity (Wildman–Crippen MR) is 136 cm³/mol. The Balaban J connectivity index is 1.41. The van der Waals surface area contributed by atoms with E-state index in [1.807, 2.05) is 49.9 Å². The smallest absolute Gasteiger partial charge is 0.338 e. The molecule has 1 unspecified atom stereocenters. The van der Waals surface area contributed by atoms with Gasteiger partial charge in [-0.25, -0.2) is 4.79 Å². The third kappa shape index (κ3) is 4.02. The second-order valence-electron chi connectivity index (χ2n) is 10.6. The van der Waals surface area contributed by atoms with Crippen LogP contribution in [0.2, 0.25) is 0 Å². The summed E-state index contributed by atoms with van der Waals surface area (Å²) >= 11 is 5.59. The fraction of sp³-hybridized carbons (Fsp3) is 0.593. The van der Waals surface area contributed by atoms with Crippen molar-refractivity contribution in [1.82, 2.24) is 10.2 Å². The summed E-state index contributed by atoms with van der Waals surface area (Å²) in [6.07, 6.45) is 7.03. The minimum Gasteiger partial charge on any atom is -0.463 e. The average molecular weight is 482 g/mol. The second kappa shape index (κ2) is 8.99. The number of rotatable bonds is 6. The van der Waals surface area contributed by atoms with Crippen molar-refractivity contribution in [2.45, 2.75) is 65.3 Å². The molecule has 7 heteroatoms. The first-order valence-electron chi connectivity index (χ1n) is 12.7. The Labute approximate surface area is 207 Å². The standard InChI is InChI=1S/C27H35N3O3S/c1-4-30-16(3)22(24(31)33-5-2)23(29-26(30)34)20-7-6-8-21(12-20)28-25(32)27-13-17-9-18(14-27)11-19(10-17)15-27/h6-8,12,17-19,23H,4-5,9-11,13-15H2,1-3H3,(H,28,32)(H,29,34). The summed E-state index contributed by atoms with van der Waals surface area (Å²) in [6.45, 7) is 6.69. The second-order valence-corrected chi connectivity index (χ2v) is 11.0. The Morgan fingerprint density at radius 2 is 1.79 bits per heavy atom. The molecule has 1 amide bonds. The number of esters is 1. The number of anilines is 1. The minimum absolute atomic E-state index is 0.172. The van der Waals surface area contributed by atoms with Crippen molar-refractivity contribution >= 4 is 34.9 Å². The first-order chi connectivity index (χ1) is 16.3. The van der Waals surface area contributed by atoms with Gasteiger partial charge >= 0.3 is 5.97 Å². The van der Waals surface area contributed by atoms with Gasteiger partial charge in [-0.2, -0.15) is 0 Å². The first kappa shape index (κ1) is 23.3. The molecule has 1 aromatic rings. The molecule has 0 spiro atoms. The van der Waals surface area contributed by atoms with Crippen LogP contribution in [0.15, 0.2) is 35.5 Å². The summed E-state index contributed by atoms with van der Waals surface area (Å²) < 4.78 is 5.39. The van der Waals surface area contributed by atoms with E-state index in [0.717, 1.165) is 54.0 Å². The molecular formula is C27H35N3O3S. The van der Waals surface area contributed by atoms with Crippen LogP contribution in [0.1, 0.15) is 70.9 Å². The van der Waals surface area contributed by atoms with Gasteiger partial charge < -0.3 is 20.3 Å². The zero-order valence-corrected chi connectivity index (χ0v) is 21.2. The summed E-state index contributed by atoms with van der Waals surface area (Å²) in [4.78, 5) is 28.4. The third-order valence-corrected chi connectivity index (χ3v) is 8.74. The molecule has 6 nitrogen and oxygen atoms in total. The number of hydrogen-bond donors (Lipinski definition) is 2. The van der Waals surface area contributed by atoms with Crippen molar-refractivity contribution in [2.24, 2.45) is 23.2 Å². The molecule has 4 bridgehead atoms. The zero-order chi connectivity index (χ0) is 24.0. The fourth-order valence-corrected chi connectivity index (χ4v) is 7.72. The summed E-state index contributed by atoms with van der Waals surface area (Å²) in [5.74, 6) is 1.99. The first-order valence-corrected chi connectivity index (χ1v) is 13.1. The molecule has 0 saturated heterocycles. The molecule has 182 valence electrons. The minimum atomic E-state index is -0.425. The lowest BCUT2D eigenvalue weighted by Gasteiger charge is -2.55. The van der Waals surface area contributed by atoms with Crippen LogP contribution in [-0.4, -0.2) is 35.0 Å². The molecule has 5 aliphatic rings. The average Bonchev–Trinajstić information content (AvgIpc) is 2.78. The lowest BCUT2D eigenvalue weighted by molar-refractivity contribution is -0.140. The number of hydrogen-bond acceptors (Lipinski definition) is 4. The van der Waals surface area contributed by atoms with Gasteiger partial charge in [0.15, 0.2) is 5.11 Å². The largest absolute Gasteiger partial charge is 0.463 e. The van der Waals surface area contributed by atoms with Crippen molar-refractivity contribution in [3.05, 3.63) is 41.1 Å². The van der Waals surface area contributed by atoms with Gasteiger partial charge in [0, 0.05) is 17.9 Å². The summed E-state index contributed by atoms with van der Waals surface area (Å²) in [5, 5.41) is 7.16. The number of allylic oxidation sites excluding steroid dienone is 1. The molecule has 0 aromatic heterocycles. The number of carbonyl (C=O) groups excluding carboxylic acids is 2. The van der Waals surface area contributed by atoms with E-state index in [2.05, 4.69) is 10.6 Å². The normalized spacial score (nSPS) is 32.0. The Morgan fingerprint density at radius 1 is 1.15 bits per heavy atom. The van der Waals surface area contributed by atoms with Crippen molar-refractivity contribution < 1.29 is 14.3 Å². The number of benzene rings is 1. The van der Waals surface area contributed by atoms with E-state index in [1.165, 1.54) is 19.3 Å². The maximum absolute atomic E-state index is 13.6. The molecule has 2 N–H and O–H groups in total. The Bertz CT molecular complexity index is 1010. The van der Waals surface area contributed by atoms with Gasteiger partial charge in [0.05, 0.1) is 23.6 Å². The van der Waals surface area contributed by atoms with E-state index in [1.54, 1.807) is 0 Å². The van der Waals surface area contributed by atoms with Crippen LogP contribution in [0.4, 0.5) is 5.69 Å².